The number of nitrogens with zero attached hydrogens (tertiary/aromatic N) is 2. The maximum absolute atomic E-state index is 14.6. The van der Waals surface area contributed by atoms with Crippen LogP contribution in [-0.2, 0) is 54.1 Å². The molecule has 15 nitrogen and oxygen atoms in total. The average molecular weight is 855 g/mol. The van der Waals surface area contributed by atoms with Gasteiger partial charge in [-0.3, -0.25) is 28.9 Å². The molecule has 1 aromatic carbocycles. The Morgan fingerprint density at radius 2 is 1.39 bits per heavy atom. The third-order valence-electron chi connectivity index (χ3n) is 11.1. The van der Waals surface area contributed by atoms with E-state index < -0.39 is 76.2 Å². The highest BCUT2D eigenvalue weighted by Gasteiger charge is 2.47. The van der Waals surface area contributed by atoms with Gasteiger partial charge < -0.3 is 34.5 Å². The van der Waals surface area contributed by atoms with Gasteiger partial charge in [-0.2, -0.15) is 0 Å². The van der Waals surface area contributed by atoms with E-state index >= 15 is 0 Å². The van der Waals surface area contributed by atoms with Crippen molar-refractivity contribution in [1.82, 2.24) is 15.5 Å². The van der Waals surface area contributed by atoms with Crippen molar-refractivity contribution in [3.8, 4) is 0 Å². The first kappa shape index (κ1) is 49.0. The van der Waals surface area contributed by atoms with Crippen LogP contribution in [0.15, 0.2) is 24.3 Å². The summed E-state index contributed by atoms with van der Waals surface area (Å²) in [6.45, 7) is 19.5. The number of carbonyl (C=O) groups is 7. The fourth-order valence-electron chi connectivity index (χ4n) is 8.23. The number of alkyl carbamates (subject to hydrolysis) is 1. The number of anilines is 1. The number of ether oxygens (including phenoxy) is 4. The molecule has 0 bridgehead atoms. The molecule has 3 atom stereocenters. The molecule has 0 spiro atoms. The van der Waals surface area contributed by atoms with Crippen LogP contribution in [0.4, 0.5) is 10.5 Å². The number of piperidine rings is 1. The molecule has 61 heavy (non-hydrogen) atoms. The van der Waals surface area contributed by atoms with Gasteiger partial charge in [0, 0.05) is 38.0 Å². The maximum atomic E-state index is 14.6. The smallest absolute Gasteiger partial charge is 0.408 e. The molecular formula is C46H70N4O11. The van der Waals surface area contributed by atoms with E-state index in [9.17, 15) is 33.6 Å². The van der Waals surface area contributed by atoms with E-state index in [4.69, 9.17) is 18.9 Å². The topological polar surface area (TPSA) is 187 Å². The number of hydrogen-bond acceptors (Lipinski definition) is 11. The third kappa shape index (κ3) is 14.4. The van der Waals surface area contributed by atoms with Gasteiger partial charge in [0.1, 0.15) is 41.5 Å². The number of likely N-dealkylation sites (tertiary alicyclic amines) is 1. The third-order valence-corrected chi connectivity index (χ3v) is 11.1. The summed E-state index contributed by atoms with van der Waals surface area (Å²) in [5.41, 5.74) is -1.93. The van der Waals surface area contributed by atoms with Crippen molar-refractivity contribution in [1.29, 1.82) is 0 Å². The summed E-state index contributed by atoms with van der Waals surface area (Å²) in [6.07, 6.45) is 2.57. The largest absolute Gasteiger partial charge is 0.461 e. The Labute approximate surface area is 361 Å². The predicted molar refractivity (Wildman–Crippen MR) is 228 cm³/mol. The van der Waals surface area contributed by atoms with E-state index in [0.29, 0.717) is 44.2 Å². The van der Waals surface area contributed by atoms with Gasteiger partial charge in [-0.25, -0.2) is 9.59 Å². The molecule has 1 aliphatic carbocycles. The molecule has 4 amide bonds. The minimum absolute atomic E-state index is 0.0531. The van der Waals surface area contributed by atoms with Crippen LogP contribution in [0.2, 0.25) is 0 Å². The molecule has 2 fully saturated rings. The lowest BCUT2D eigenvalue weighted by atomic mass is 9.75. The SMILES string of the molecule is CC(C)[C@H](NC(=O)OC(C)(C)C)C(=O)OC1CCN(C(=O)CC(CC2(C(=O)N[C@H]3CCc4ccccc4N(CC(=O)OC(C)(C)C)C3=O)CCCC2)C(=O)OC(C)(C)C)CC1. The summed E-state index contributed by atoms with van der Waals surface area (Å²) in [4.78, 5) is 98.3. The Bertz CT molecular complexity index is 1760. The fraction of sp³-hybridized carbons (Fsp3) is 0.717. The van der Waals surface area contributed by atoms with E-state index in [1.54, 1.807) is 93.2 Å². The van der Waals surface area contributed by atoms with Gasteiger partial charge >= 0.3 is 24.0 Å². The minimum Gasteiger partial charge on any atom is -0.461 e. The monoisotopic (exact) mass is 855 g/mol. The fourth-order valence-corrected chi connectivity index (χ4v) is 8.23. The van der Waals surface area contributed by atoms with Crippen LogP contribution < -0.4 is 15.5 Å². The highest BCUT2D eigenvalue weighted by molar-refractivity contribution is 6.04. The first-order chi connectivity index (χ1) is 28.3. The number of benzene rings is 1. The van der Waals surface area contributed by atoms with Crippen molar-refractivity contribution in [2.75, 3.05) is 24.5 Å². The molecular weight excluding hydrogens is 785 g/mol. The van der Waals surface area contributed by atoms with Crippen LogP contribution in [0.1, 0.15) is 140 Å². The van der Waals surface area contributed by atoms with Gasteiger partial charge in [0.25, 0.3) is 0 Å². The Morgan fingerprint density at radius 3 is 1.97 bits per heavy atom. The van der Waals surface area contributed by atoms with Crippen molar-refractivity contribution >= 4 is 47.4 Å². The standard InChI is InChI=1S/C46H70N4O11/c1-29(2)37(48-42(57)61-45(9,10)11)40(55)58-32-20-24-49(25-21-32)35(51)26-31(39(54)60-44(6,7)8)27-46(22-14-15-23-46)41(56)47-33-19-18-30-16-12-13-17-34(30)50(38(33)53)28-36(52)59-43(3,4)5/h12-13,16-17,29,31-33,37H,14-15,18-28H2,1-11H3,(H,47,56)(H,48,57)/t31?,33-,37-/m0/s1. The Balaban J connectivity index is 1.46. The summed E-state index contributed by atoms with van der Waals surface area (Å²) < 4.78 is 22.5. The normalized spacial score (nSPS) is 19.5. The van der Waals surface area contributed by atoms with Crippen LogP contribution in [0.5, 0.6) is 0 Å². The highest BCUT2D eigenvalue weighted by Crippen LogP contribution is 2.45. The molecule has 4 rings (SSSR count). The molecule has 3 aliphatic rings. The molecule has 1 aromatic rings. The number of para-hydroxylation sites is 1. The number of esters is 3. The van der Waals surface area contributed by atoms with Gasteiger partial charge in [0.15, 0.2) is 0 Å². The lowest BCUT2D eigenvalue weighted by Crippen LogP contribution is -2.53. The van der Waals surface area contributed by atoms with E-state index in [0.717, 1.165) is 18.4 Å². The van der Waals surface area contributed by atoms with E-state index in [2.05, 4.69) is 10.6 Å². The Kier molecular flexibility index (Phi) is 16.1. The van der Waals surface area contributed by atoms with Crippen LogP contribution in [0.25, 0.3) is 0 Å². The minimum atomic E-state index is -1.04. The number of carbonyl (C=O) groups excluding carboxylic acids is 7. The van der Waals surface area contributed by atoms with Crippen LogP contribution in [-0.4, -0.2) is 101 Å². The molecule has 1 saturated carbocycles. The van der Waals surface area contributed by atoms with Crippen molar-refractivity contribution in [2.24, 2.45) is 17.3 Å². The quantitative estimate of drug-likeness (QED) is 0.171. The number of rotatable bonds is 13. The lowest BCUT2D eigenvalue weighted by molar-refractivity contribution is -0.165. The van der Waals surface area contributed by atoms with Gasteiger partial charge in [0.05, 0.1) is 11.3 Å². The zero-order chi connectivity index (χ0) is 45.5. The second-order valence-corrected chi connectivity index (χ2v) is 20.2. The number of fused-ring (bicyclic) bond motifs is 1. The number of nitrogens with one attached hydrogen (secondary N) is 2. The Hall–Kier alpha value is -4.69. The second kappa shape index (κ2) is 20.0. The zero-order valence-corrected chi connectivity index (χ0v) is 38.3. The molecule has 1 unspecified atom stereocenters. The van der Waals surface area contributed by atoms with Crippen molar-refractivity contribution in [3.05, 3.63) is 29.8 Å². The summed E-state index contributed by atoms with van der Waals surface area (Å²) in [5, 5.41) is 5.66. The van der Waals surface area contributed by atoms with E-state index in [1.807, 2.05) is 12.1 Å². The molecule has 2 N–H and O–H groups in total. The molecule has 2 heterocycles. The number of amides is 4. The van der Waals surface area contributed by atoms with Crippen LogP contribution in [0, 0.1) is 17.3 Å². The first-order valence-electron chi connectivity index (χ1n) is 21.9. The molecule has 0 aromatic heterocycles. The molecule has 0 radical (unpaired) electrons. The maximum Gasteiger partial charge on any atom is 0.408 e. The molecule has 1 saturated heterocycles. The second-order valence-electron chi connectivity index (χ2n) is 20.2. The molecule has 340 valence electrons. The number of hydrogen-bond donors (Lipinski definition) is 2. The van der Waals surface area contributed by atoms with Crippen LogP contribution >= 0.6 is 0 Å². The van der Waals surface area contributed by atoms with Gasteiger partial charge in [-0.1, -0.05) is 44.9 Å². The molecule has 15 heteroatoms. The van der Waals surface area contributed by atoms with Gasteiger partial charge in [-0.15, -0.1) is 0 Å². The van der Waals surface area contributed by atoms with Crippen molar-refractivity contribution in [3.63, 3.8) is 0 Å². The highest BCUT2D eigenvalue weighted by atomic mass is 16.6. The van der Waals surface area contributed by atoms with E-state index in [1.165, 1.54) is 4.90 Å². The lowest BCUT2D eigenvalue weighted by Gasteiger charge is -2.36. The predicted octanol–water partition coefficient (Wildman–Crippen LogP) is 6.17. The van der Waals surface area contributed by atoms with E-state index in [-0.39, 0.29) is 50.2 Å². The summed E-state index contributed by atoms with van der Waals surface area (Å²) >= 11 is 0. The van der Waals surface area contributed by atoms with Crippen molar-refractivity contribution < 1.29 is 52.5 Å². The van der Waals surface area contributed by atoms with Crippen molar-refractivity contribution in [2.45, 2.75) is 175 Å². The summed E-state index contributed by atoms with van der Waals surface area (Å²) in [6, 6.07) is 5.49. The average Bonchev–Trinajstić information content (AvgIpc) is 3.57. The number of aryl methyl sites for hydroxylation is 1. The van der Waals surface area contributed by atoms with Gasteiger partial charge in [-0.05, 0) is 112 Å². The molecule has 2 aliphatic heterocycles. The van der Waals surface area contributed by atoms with Crippen LogP contribution in [0.3, 0.4) is 0 Å². The summed E-state index contributed by atoms with van der Waals surface area (Å²) in [7, 11) is 0. The Morgan fingerprint density at radius 1 is 0.803 bits per heavy atom. The summed E-state index contributed by atoms with van der Waals surface area (Å²) in [5.74, 6) is -4.02. The first-order valence-corrected chi connectivity index (χ1v) is 21.9. The zero-order valence-electron chi connectivity index (χ0n) is 38.3. The van der Waals surface area contributed by atoms with Gasteiger partial charge in [0.2, 0.25) is 17.7 Å².